The Kier molecular flexibility index (Phi) is 4.68. The summed E-state index contributed by atoms with van der Waals surface area (Å²) in [6.45, 7) is 9.38. The molecule has 1 nitrogen and oxygen atoms in total. The third kappa shape index (κ3) is 4.90. The minimum absolute atomic E-state index is 0.190. The van der Waals surface area contributed by atoms with Crippen molar-refractivity contribution in [3.63, 3.8) is 0 Å². The van der Waals surface area contributed by atoms with Crippen LogP contribution in [0.3, 0.4) is 0 Å². The van der Waals surface area contributed by atoms with E-state index in [2.05, 4.69) is 26.9 Å². The maximum absolute atomic E-state index is 13.0. The number of benzene rings is 1. The average molecular weight is 240 g/mol. The molecule has 0 aliphatic heterocycles. The Morgan fingerprint density at radius 2 is 2.00 bits per heavy atom. The summed E-state index contributed by atoms with van der Waals surface area (Å²) in [5.74, 6) is 0.471. The number of halogens is 1. The molecule has 0 fully saturated rings. The van der Waals surface area contributed by atoms with Gasteiger partial charge < -0.3 is 4.43 Å². The molecule has 0 bridgehead atoms. The van der Waals surface area contributed by atoms with Crippen LogP contribution >= 0.6 is 0 Å². The van der Waals surface area contributed by atoms with E-state index in [4.69, 9.17) is 4.43 Å². The monoisotopic (exact) mass is 240 g/mol. The Labute approximate surface area is 98.8 Å². The van der Waals surface area contributed by atoms with Gasteiger partial charge in [-0.05, 0) is 42.8 Å². The van der Waals surface area contributed by atoms with Gasteiger partial charge in [0, 0.05) is 0 Å². The highest BCUT2D eigenvalue weighted by atomic mass is 28.4. The van der Waals surface area contributed by atoms with Crippen LogP contribution < -0.4 is 0 Å². The van der Waals surface area contributed by atoms with E-state index in [0.29, 0.717) is 12.5 Å². The van der Waals surface area contributed by atoms with Gasteiger partial charge in [0.05, 0.1) is 6.61 Å². The number of rotatable bonds is 5. The summed E-state index contributed by atoms with van der Waals surface area (Å²) in [4.78, 5) is 0. The SMILES string of the molecule is CC(C)C[Si](C)(C)OCc1cccc(F)c1. The van der Waals surface area contributed by atoms with Crippen LogP contribution in [0.2, 0.25) is 19.1 Å². The summed E-state index contributed by atoms with van der Waals surface area (Å²) in [6.07, 6.45) is 0. The van der Waals surface area contributed by atoms with Gasteiger partial charge in [0.2, 0.25) is 0 Å². The van der Waals surface area contributed by atoms with Crippen LogP contribution in [0, 0.1) is 11.7 Å². The molecule has 0 saturated heterocycles. The topological polar surface area (TPSA) is 9.23 Å². The molecule has 1 rings (SSSR count). The molecular weight excluding hydrogens is 219 g/mol. The van der Waals surface area contributed by atoms with E-state index in [1.807, 2.05) is 6.07 Å². The quantitative estimate of drug-likeness (QED) is 0.701. The molecule has 0 spiro atoms. The van der Waals surface area contributed by atoms with E-state index in [0.717, 1.165) is 11.6 Å². The molecule has 3 heteroatoms. The standard InChI is InChI=1S/C13H21FOSi/c1-11(2)10-16(3,4)15-9-12-6-5-7-13(14)8-12/h5-8,11H,9-10H2,1-4H3. The molecule has 0 aliphatic rings. The van der Waals surface area contributed by atoms with Crippen molar-refractivity contribution in [2.75, 3.05) is 0 Å². The summed E-state index contributed by atoms with van der Waals surface area (Å²) >= 11 is 0. The maximum Gasteiger partial charge on any atom is 0.187 e. The van der Waals surface area contributed by atoms with Crippen molar-refractivity contribution in [3.05, 3.63) is 35.6 Å². The molecule has 16 heavy (non-hydrogen) atoms. The molecule has 0 saturated carbocycles. The van der Waals surface area contributed by atoms with Crippen LogP contribution in [0.15, 0.2) is 24.3 Å². The van der Waals surface area contributed by atoms with Crippen molar-refractivity contribution in [2.24, 2.45) is 5.92 Å². The zero-order chi connectivity index (χ0) is 12.2. The summed E-state index contributed by atoms with van der Waals surface area (Å²) in [5, 5.41) is 0. The number of hydrogen-bond acceptors (Lipinski definition) is 1. The van der Waals surface area contributed by atoms with E-state index in [-0.39, 0.29) is 5.82 Å². The summed E-state index contributed by atoms with van der Waals surface area (Å²) in [5.41, 5.74) is 0.921. The van der Waals surface area contributed by atoms with E-state index in [1.165, 1.54) is 6.07 Å². The largest absolute Gasteiger partial charge is 0.413 e. The second-order valence-corrected chi connectivity index (χ2v) is 9.49. The summed E-state index contributed by atoms with van der Waals surface area (Å²) in [6, 6.07) is 7.77. The van der Waals surface area contributed by atoms with Gasteiger partial charge in [-0.25, -0.2) is 4.39 Å². The fraction of sp³-hybridized carbons (Fsp3) is 0.538. The van der Waals surface area contributed by atoms with Crippen LogP contribution in [0.25, 0.3) is 0 Å². The van der Waals surface area contributed by atoms with Crippen molar-refractivity contribution in [2.45, 2.75) is 39.6 Å². The van der Waals surface area contributed by atoms with Crippen LogP contribution in [-0.2, 0) is 11.0 Å². The first-order valence-electron chi connectivity index (χ1n) is 5.77. The molecule has 0 amide bonds. The molecule has 0 unspecified atom stereocenters. The smallest absolute Gasteiger partial charge is 0.187 e. The predicted molar refractivity (Wildman–Crippen MR) is 68.3 cm³/mol. The fourth-order valence-corrected chi connectivity index (χ4v) is 4.59. The number of hydrogen-bond donors (Lipinski definition) is 0. The molecule has 0 heterocycles. The zero-order valence-electron chi connectivity index (χ0n) is 10.6. The highest BCUT2D eigenvalue weighted by molar-refractivity contribution is 6.71. The minimum Gasteiger partial charge on any atom is -0.413 e. The van der Waals surface area contributed by atoms with Gasteiger partial charge in [-0.2, -0.15) is 0 Å². The lowest BCUT2D eigenvalue weighted by Gasteiger charge is -2.24. The van der Waals surface area contributed by atoms with Gasteiger partial charge in [0.25, 0.3) is 0 Å². The Hall–Kier alpha value is -0.673. The van der Waals surface area contributed by atoms with Crippen LogP contribution in [-0.4, -0.2) is 8.32 Å². The normalized spacial score (nSPS) is 12.1. The van der Waals surface area contributed by atoms with Crippen LogP contribution in [0.4, 0.5) is 4.39 Å². The molecule has 0 aliphatic carbocycles. The van der Waals surface area contributed by atoms with Gasteiger partial charge in [-0.3, -0.25) is 0 Å². The highest BCUT2D eigenvalue weighted by Crippen LogP contribution is 2.19. The third-order valence-corrected chi connectivity index (χ3v) is 5.14. The molecule has 0 aromatic heterocycles. The van der Waals surface area contributed by atoms with Crippen molar-refractivity contribution in [3.8, 4) is 0 Å². The lowest BCUT2D eigenvalue weighted by molar-refractivity contribution is 0.290. The Morgan fingerprint density at radius 3 is 2.56 bits per heavy atom. The molecule has 0 radical (unpaired) electrons. The Balaban J connectivity index is 2.50. The van der Waals surface area contributed by atoms with Gasteiger partial charge in [0.15, 0.2) is 8.32 Å². The molecule has 1 aromatic carbocycles. The third-order valence-electron chi connectivity index (χ3n) is 2.42. The first-order valence-corrected chi connectivity index (χ1v) is 8.89. The van der Waals surface area contributed by atoms with E-state index >= 15 is 0 Å². The van der Waals surface area contributed by atoms with Gasteiger partial charge in [-0.1, -0.05) is 26.0 Å². The van der Waals surface area contributed by atoms with E-state index in [9.17, 15) is 4.39 Å². The van der Waals surface area contributed by atoms with E-state index < -0.39 is 8.32 Å². The zero-order valence-corrected chi connectivity index (χ0v) is 11.6. The first-order chi connectivity index (χ1) is 7.39. The highest BCUT2D eigenvalue weighted by Gasteiger charge is 2.23. The molecular formula is C13H21FOSi. The minimum atomic E-state index is -1.59. The second-order valence-electron chi connectivity index (χ2n) is 5.28. The van der Waals surface area contributed by atoms with Crippen molar-refractivity contribution in [1.29, 1.82) is 0 Å². The average Bonchev–Trinajstić information content (AvgIpc) is 2.13. The maximum atomic E-state index is 13.0. The molecule has 0 atom stereocenters. The van der Waals surface area contributed by atoms with Gasteiger partial charge >= 0.3 is 0 Å². The molecule has 90 valence electrons. The summed E-state index contributed by atoms with van der Waals surface area (Å²) < 4.78 is 18.9. The molecule has 0 N–H and O–H groups in total. The van der Waals surface area contributed by atoms with Crippen LogP contribution in [0.5, 0.6) is 0 Å². The molecule has 1 aromatic rings. The lowest BCUT2D eigenvalue weighted by atomic mass is 10.2. The summed E-state index contributed by atoms with van der Waals surface area (Å²) in [7, 11) is -1.59. The van der Waals surface area contributed by atoms with Gasteiger partial charge in [0.1, 0.15) is 5.82 Å². The van der Waals surface area contributed by atoms with Crippen molar-refractivity contribution in [1.82, 2.24) is 0 Å². The van der Waals surface area contributed by atoms with Crippen molar-refractivity contribution < 1.29 is 8.82 Å². The van der Waals surface area contributed by atoms with Gasteiger partial charge in [-0.15, -0.1) is 0 Å². The fourth-order valence-electron chi connectivity index (χ4n) is 1.95. The predicted octanol–water partition coefficient (Wildman–Crippen LogP) is 4.20. The lowest BCUT2D eigenvalue weighted by Crippen LogP contribution is -2.31. The first kappa shape index (κ1) is 13.4. The van der Waals surface area contributed by atoms with E-state index in [1.54, 1.807) is 12.1 Å². The second kappa shape index (κ2) is 5.59. The van der Waals surface area contributed by atoms with Crippen LogP contribution in [0.1, 0.15) is 19.4 Å². The Bertz CT molecular complexity index is 336. The van der Waals surface area contributed by atoms with Crippen molar-refractivity contribution >= 4 is 8.32 Å². The Morgan fingerprint density at radius 1 is 1.31 bits per heavy atom.